The lowest BCUT2D eigenvalue weighted by Crippen LogP contribution is -2.23. The van der Waals surface area contributed by atoms with E-state index in [9.17, 15) is 9.59 Å². The first kappa shape index (κ1) is 20.9. The number of aryl methyl sites for hydroxylation is 1. The molecule has 4 aromatic rings. The molecule has 1 amide bonds. The van der Waals surface area contributed by atoms with Gasteiger partial charge in [0.25, 0.3) is 5.56 Å². The van der Waals surface area contributed by atoms with Gasteiger partial charge in [0.2, 0.25) is 5.91 Å². The zero-order chi connectivity index (χ0) is 22.0. The summed E-state index contributed by atoms with van der Waals surface area (Å²) >= 11 is 1.23. The minimum atomic E-state index is -0.190. The molecule has 0 spiro atoms. The van der Waals surface area contributed by atoms with Gasteiger partial charge in [-0.1, -0.05) is 41.6 Å². The first-order chi connectivity index (χ1) is 14.9. The van der Waals surface area contributed by atoms with E-state index in [4.69, 9.17) is 0 Å². The molecule has 0 aliphatic rings. The van der Waals surface area contributed by atoms with Crippen LogP contribution in [-0.4, -0.2) is 31.0 Å². The van der Waals surface area contributed by atoms with Crippen molar-refractivity contribution in [1.29, 1.82) is 0 Å². The number of nitrogens with zero attached hydrogens (tertiary/aromatic N) is 4. The zero-order valence-electron chi connectivity index (χ0n) is 17.6. The quantitative estimate of drug-likeness (QED) is 0.364. The van der Waals surface area contributed by atoms with Crippen LogP contribution in [-0.2, 0) is 4.79 Å². The van der Waals surface area contributed by atoms with Crippen molar-refractivity contribution in [2.45, 2.75) is 32.0 Å². The summed E-state index contributed by atoms with van der Waals surface area (Å²) in [6.07, 6.45) is 1.66. The molecule has 2 heterocycles. The molecule has 0 bridgehead atoms. The summed E-state index contributed by atoms with van der Waals surface area (Å²) in [7, 11) is 0. The van der Waals surface area contributed by atoms with Crippen LogP contribution >= 0.6 is 11.8 Å². The number of amides is 1. The molecule has 0 aliphatic heterocycles. The second-order valence-corrected chi connectivity index (χ2v) is 8.42. The summed E-state index contributed by atoms with van der Waals surface area (Å²) in [4.78, 5) is 30.5. The Morgan fingerprint density at radius 3 is 2.58 bits per heavy atom. The molecule has 2 aromatic heterocycles. The smallest absolute Gasteiger partial charge is 0.266 e. The number of hydrogen-bond donors (Lipinski definition) is 1. The van der Waals surface area contributed by atoms with Crippen LogP contribution in [0, 0.1) is 6.92 Å². The number of benzene rings is 2. The number of thioether (sulfide) groups is 1. The first-order valence-corrected chi connectivity index (χ1v) is 11.0. The van der Waals surface area contributed by atoms with Crippen molar-refractivity contribution in [1.82, 2.24) is 19.3 Å². The number of hydrogen-bond acceptors (Lipinski definition) is 5. The predicted molar refractivity (Wildman–Crippen MR) is 124 cm³/mol. The summed E-state index contributed by atoms with van der Waals surface area (Å²) in [5.41, 5.74) is 2.27. The van der Waals surface area contributed by atoms with Gasteiger partial charge in [-0.2, -0.15) is 5.10 Å². The first-order valence-electron chi connectivity index (χ1n) is 9.99. The van der Waals surface area contributed by atoms with E-state index in [1.807, 2.05) is 63.2 Å². The average Bonchev–Trinajstić information content (AvgIpc) is 3.22. The van der Waals surface area contributed by atoms with Crippen LogP contribution in [0.4, 0.5) is 5.82 Å². The van der Waals surface area contributed by atoms with Crippen molar-refractivity contribution in [3.05, 3.63) is 76.7 Å². The molecule has 31 heavy (non-hydrogen) atoms. The van der Waals surface area contributed by atoms with E-state index < -0.39 is 0 Å². The summed E-state index contributed by atoms with van der Waals surface area (Å²) in [6, 6.07) is 16.8. The lowest BCUT2D eigenvalue weighted by Gasteiger charge is -2.14. The van der Waals surface area contributed by atoms with Gasteiger partial charge in [-0.05, 0) is 45.0 Å². The van der Waals surface area contributed by atoms with Gasteiger partial charge in [-0.25, -0.2) is 9.67 Å². The molecule has 0 fully saturated rings. The third kappa shape index (κ3) is 4.39. The molecule has 2 aromatic carbocycles. The van der Waals surface area contributed by atoms with Crippen LogP contribution in [0.15, 0.2) is 70.7 Å². The Morgan fingerprint density at radius 1 is 1.10 bits per heavy atom. The number of aromatic nitrogens is 4. The van der Waals surface area contributed by atoms with Gasteiger partial charge < -0.3 is 5.32 Å². The molecule has 0 atom stereocenters. The maximum Gasteiger partial charge on any atom is 0.266 e. The highest BCUT2D eigenvalue weighted by atomic mass is 32.2. The average molecular weight is 434 g/mol. The van der Waals surface area contributed by atoms with E-state index in [1.54, 1.807) is 27.6 Å². The van der Waals surface area contributed by atoms with Crippen LogP contribution < -0.4 is 10.9 Å². The normalized spacial score (nSPS) is 11.2. The van der Waals surface area contributed by atoms with Crippen LogP contribution in [0.2, 0.25) is 0 Å². The predicted octanol–water partition coefficient (Wildman–Crippen LogP) is 4.20. The second-order valence-electron chi connectivity index (χ2n) is 7.48. The van der Waals surface area contributed by atoms with Gasteiger partial charge in [0.05, 0.1) is 28.5 Å². The SMILES string of the molecule is Cc1ccc(-n2c(SCC(=O)Nc3ccnn3C(C)C)nc3ccccc3c2=O)cc1. The fourth-order valence-corrected chi connectivity index (χ4v) is 4.08. The zero-order valence-corrected chi connectivity index (χ0v) is 18.4. The van der Waals surface area contributed by atoms with Crippen LogP contribution in [0.3, 0.4) is 0 Å². The van der Waals surface area contributed by atoms with Crippen molar-refractivity contribution in [2.24, 2.45) is 0 Å². The van der Waals surface area contributed by atoms with Crippen LogP contribution in [0.1, 0.15) is 25.5 Å². The maximum absolute atomic E-state index is 13.3. The van der Waals surface area contributed by atoms with Crippen molar-refractivity contribution >= 4 is 34.4 Å². The molecule has 0 radical (unpaired) electrons. The maximum atomic E-state index is 13.3. The molecule has 7 nitrogen and oxygen atoms in total. The third-order valence-corrected chi connectivity index (χ3v) is 5.73. The van der Waals surface area contributed by atoms with Gasteiger partial charge in [0, 0.05) is 12.1 Å². The highest BCUT2D eigenvalue weighted by Gasteiger charge is 2.16. The number of anilines is 1. The fraction of sp³-hybridized carbons (Fsp3) is 0.217. The van der Waals surface area contributed by atoms with E-state index in [-0.39, 0.29) is 23.3 Å². The fourth-order valence-electron chi connectivity index (χ4n) is 3.26. The summed E-state index contributed by atoms with van der Waals surface area (Å²) in [5.74, 6) is 0.563. The lowest BCUT2D eigenvalue weighted by molar-refractivity contribution is -0.113. The number of fused-ring (bicyclic) bond motifs is 1. The van der Waals surface area contributed by atoms with E-state index in [2.05, 4.69) is 15.4 Å². The van der Waals surface area contributed by atoms with E-state index in [1.165, 1.54) is 11.8 Å². The Bertz CT molecular complexity index is 1290. The molecule has 1 N–H and O–H groups in total. The molecule has 4 rings (SSSR count). The molecular formula is C23H23N5O2S. The molecular weight excluding hydrogens is 410 g/mol. The topological polar surface area (TPSA) is 81.8 Å². The van der Waals surface area contributed by atoms with Crippen molar-refractivity contribution in [3.8, 4) is 5.69 Å². The molecule has 158 valence electrons. The minimum absolute atomic E-state index is 0.111. The van der Waals surface area contributed by atoms with Crippen LogP contribution in [0.25, 0.3) is 16.6 Å². The molecule has 8 heteroatoms. The number of carbonyl (C=O) groups excluding carboxylic acids is 1. The number of rotatable bonds is 6. The second kappa shape index (κ2) is 8.77. The van der Waals surface area contributed by atoms with Gasteiger partial charge in [0.1, 0.15) is 5.82 Å². The monoisotopic (exact) mass is 433 g/mol. The van der Waals surface area contributed by atoms with Crippen molar-refractivity contribution in [3.63, 3.8) is 0 Å². The Hall–Kier alpha value is -3.39. The Morgan fingerprint density at radius 2 is 1.84 bits per heavy atom. The van der Waals surface area contributed by atoms with Gasteiger partial charge in [-0.15, -0.1) is 0 Å². The Labute approximate surface area is 184 Å². The summed E-state index contributed by atoms with van der Waals surface area (Å²) in [6.45, 7) is 5.99. The summed E-state index contributed by atoms with van der Waals surface area (Å²) < 4.78 is 3.32. The molecule has 0 saturated carbocycles. The minimum Gasteiger partial charge on any atom is -0.310 e. The van der Waals surface area contributed by atoms with Gasteiger partial charge in [0.15, 0.2) is 5.16 Å². The highest BCUT2D eigenvalue weighted by Crippen LogP contribution is 2.22. The summed E-state index contributed by atoms with van der Waals surface area (Å²) in [5, 5.41) is 8.13. The van der Waals surface area contributed by atoms with Gasteiger partial charge >= 0.3 is 0 Å². The molecule has 0 unspecified atom stereocenters. The molecule has 0 aliphatic carbocycles. The van der Waals surface area contributed by atoms with E-state index >= 15 is 0 Å². The third-order valence-electron chi connectivity index (χ3n) is 4.80. The van der Waals surface area contributed by atoms with E-state index in [0.29, 0.717) is 21.9 Å². The molecule has 0 saturated heterocycles. The lowest BCUT2D eigenvalue weighted by atomic mass is 10.2. The van der Waals surface area contributed by atoms with Crippen LogP contribution in [0.5, 0.6) is 0 Å². The number of carbonyl (C=O) groups is 1. The van der Waals surface area contributed by atoms with Crippen molar-refractivity contribution < 1.29 is 4.79 Å². The number of para-hydroxylation sites is 1. The largest absolute Gasteiger partial charge is 0.310 e. The standard InChI is InChI=1S/C23H23N5O2S/c1-15(2)28-20(12-13-24-28)26-21(29)14-31-23-25-19-7-5-4-6-18(19)22(30)27(23)17-10-8-16(3)9-11-17/h4-13,15H,14H2,1-3H3,(H,26,29). The Kier molecular flexibility index (Phi) is 5.90. The number of nitrogens with one attached hydrogen (secondary N) is 1. The van der Waals surface area contributed by atoms with Gasteiger partial charge in [-0.3, -0.25) is 14.2 Å². The highest BCUT2D eigenvalue weighted by molar-refractivity contribution is 7.99. The van der Waals surface area contributed by atoms with Crippen molar-refractivity contribution in [2.75, 3.05) is 11.1 Å². The van der Waals surface area contributed by atoms with E-state index in [0.717, 1.165) is 11.3 Å². The Balaban J connectivity index is 1.65.